The summed E-state index contributed by atoms with van der Waals surface area (Å²) >= 11 is 0. The first-order chi connectivity index (χ1) is 19.0. The van der Waals surface area contributed by atoms with E-state index in [1.165, 1.54) is 0 Å². The van der Waals surface area contributed by atoms with Crippen molar-refractivity contribution in [1.82, 2.24) is 0 Å². The van der Waals surface area contributed by atoms with E-state index in [1.54, 1.807) is 13.8 Å². The molecule has 2 aromatic carbocycles. The monoisotopic (exact) mass is 559 g/mol. The molecule has 2 aromatic rings. The van der Waals surface area contributed by atoms with Gasteiger partial charge >= 0.3 is 18.2 Å². The van der Waals surface area contributed by atoms with Crippen molar-refractivity contribution >= 4 is 29.1 Å². The zero-order valence-corrected chi connectivity index (χ0v) is 23.5. The number of ether oxygens (including phenoxy) is 1. The molecule has 40 heavy (non-hydrogen) atoms. The third kappa shape index (κ3) is 8.15. The summed E-state index contributed by atoms with van der Waals surface area (Å²) in [4.78, 5) is 27.5. The van der Waals surface area contributed by atoms with Gasteiger partial charge in [-0.3, -0.25) is 4.79 Å². The largest absolute Gasteiger partial charge is 0.466 e. The van der Waals surface area contributed by atoms with E-state index >= 15 is 0 Å². The number of nitrogens with zero attached hydrogens (tertiary/aromatic N) is 1. The molecule has 218 valence electrons. The molecule has 0 spiro atoms. The minimum atomic E-state index is -4.25. The number of hydrogen-bond donors (Lipinski definition) is 2. The van der Waals surface area contributed by atoms with Gasteiger partial charge in [0, 0.05) is 24.7 Å². The van der Waals surface area contributed by atoms with Gasteiger partial charge < -0.3 is 20.3 Å². The van der Waals surface area contributed by atoms with Gasteiger partial charge in [-0.25, -0.2) is 4.79 Å². The zero-order valence-electron chi connectivity index (χ0n) is 23.5. The Balaban J connectivity index is 1.64. The Morgan fingerprint density at radius 3 is 2.40 bits per heavy atom. The molecule has 1 unspecified atom stereocenters. The first-order valence-electron chi connectivity index (χ1n) is 14.3. The maximum absolute atomic E-state index is 13.3. The van der Waals surface area contributed by atoms with Gasteiger partial charge in [-0.2, -0.15) is 13.2 Å². The third-order valence-corrected chi connectivity index (χ3v) is 7.80. The molecule has 2 aliphatic carbocycles. The normalized spacial score (nSPS) is 19.9. The number of anilines is 3. The summed E-state index contributed by atoms with van der Waals surface area (Å²) in [6, 6.07) is 12.8. The second kappa shape index (κ2) is 13.0. The molecule has 4 rings (SSSR count). The van der Waals surface area contributed by atoms with Gasteiger partial charge in [0.15, 0.2) is 0 Å². The zero-order chi connectivity index (χ0) is 28.9. The SMILES string of the molecule is CCOC(=O)[C@H]1C[C@H]1c1ccc(N(CC(C)CC(F)(F)F)C2CCCCC2)c(NC(=O)Nc2ccc(C)cc2)c1. The molecule has 2 aliphatic rings. The minimum Gasteiger partial charge on any atom is -0.466 e. The van der Waals surface area contributed by atoms with E-state index in [9.17, 15) is 22.8 Å². The van der Waals surface area contributed by atoms with Crippen molar-refractivity contribution in [3.63, 3.8) is 0 Å². The molecule has 2 fully saturated rings. The number of esters is 1. The van der Waals surface area contributed by atoms with Crippen LogP contribution in [0.15, 0.2) is 42.5 Å². The van der Waals surface area contributed by atoms with E-state index < -0.39 is 24.5 Å². The van der Waals surface area contributed by atoms with Crippen LogP contribution in [0.4, 0.5) is 35.0 Å². The quantitative estimate of drug-likeness (QED) is 0.289. The van der Waals surface area contributed by atoms with Crippen LogP contribution in [0.3, 0.4) is 0 Å². The lowest BCUT2D eigenvalue weighted by Crippen LogP contribution is -2.41. The summed E-state index contributed by atoms with van der Waals surface area (Å²) in [7, 11) is 0. The number of amides is 2. The van der Waals surface area contributed by atoms with Crippen molar-refractivity contribution < 1.29 is 27.5 Å². The highest BCUT2D eigenvalue weighted by molar-refractivity contribution is 6.02. The molecule has 0 saturated heterocycles. The van der Waals surface area contributed by atoms with Gasteiger partial charge in [-0.1, -0.05) is 49.9 Å². The summed E-state index contributed by atoms with van der Waals surface area (Å²) in [5, 5.41) is 5.83. The maximum Gasteiger partial charge on any atom is 0.389 e. The average Bonchev–Trinajstić information content (AvgIpc) is 3.70. The first kappa shape index (κ1) is 29.7. The van der Waals surface area contributed by atoms with Gasteiger partial charge in [0.2, 0.25) is 0 Å². The molecule has 2 N–H and O–H groups in total. The van der Waals surface area contributed by atoms with Gasteiger partial charge in [-0.05, 0) is 74.8 Å². The number of benzene rings is 2. The Morgan fingerprint density at radius 2 is 1.75 bits per heavy atom. The van der Waals surface area contributed by atoms with E-state index in [1.807, 2.05) is 49.4 Å². The second-order valence-electron chi connectivity index (χ2n) is 11.3. The predicted molar refractivity (Wildman–Crippen MR) is 152 cm³/mol. The van der Waals surface area contributed by atoms with Crippen LogP contribution in [0.1, 0.15) is 75.8 Å². The lowest BCUT2D eigenvalue weighted by molar-refractivity contribution is -0.145. The Kier molecular flexibility index (Phi) is 9.64. The number of halogens is 3. The standard InChI is InChI=1S/C31H40F3N3O3/c1-4-40-29(38)26-17-25(26)22-12-15-28(27(16-22)36-30(39)35-23-13-10-20(2)11-14-23)37(24-8-6-5-7-9-24)19-21(3)18-31(32,33)34/h10-16,21,24-26H,4-9,17-19H2,1-3H3,(H2,35,36,39)/t21?,25-,26-/m0/s1. The third-order valence-electron chi connectivity index (χ3n) is 7.80. The molecule has 0 heterocycles. The van der Waals surface area contributed by atoms with E-state index in [2.05, 4.69) is 15.5 Å². The van der Waals surface area contributed by atoms with E-state index in [-0.39, 0.29) is 30.4 Å². The average molecular weight is 560 g/mol. The van der Waals surface area contributed by atoms with Crippen molar-refractivity contribution in [3.05, 3.63) is 53.6 Å². The Labute approximate surface area is 234 Å². The van der Waals surface area contributed by atoms with Crippen LogP contribution in [-0.2, 0) is 9.53 Å². The summed E-state index contributed by atoms with van der Waals surface area (Å²) in [6.07, 6.45) is 0.495. The molecule has 9 heteroatoms. The van der Waals surface area contributed by atoms with Crippen molar-refractivity contribution in [1.29, 1.82) is 0 Å². The van der Waals surface area contributed by atoms with Crippen LogP contribution in [-0.4, -0.2) is 37.4 Å². The van der Waals surface area contributed by atoms with E-state index in [0.29, 0.717) is 30.1 Å². The van der Waals surface area contributed by atoms with Gasteiger partial charge in [-0.15, -0.1) is 0 Å². The molecular formula is C31H40F3N3O3. The van der Waals surface area contributed by atoms with Crippen LogP contribution in [0.25, 0.3) is 0 Å². The predicted octanol–water partition coefficient (Wildman–Crippen LogP) is 8.03. The van der Waals surface area contributed by atoms with Gasteiger partial charge in [0.1, 0.15) is 0 Å². The topological polar surface area (TPSA) is 70.7 Å². The van der Waals surface area contributed by atoms with Crippen molar-refractivity contribution in [3.8, 4) is 0 Å². The van der Waals surface area contributed by atoms with Gasteiger partial charge in [0.25, 0.3) is 0 Å². The molecule has 2 amide bonds. The number of urea groups is 1. The van der Waals surface area contributed by atoms with Gasteiger partial charge in [0.05, 0.1) is 23.9 Å². The molecule has 0 aromatic heterocycles. The molecule has 0 bridgehead atoms. The summed E-state index contributed by atoms with van der Waals surface area (Å²) in [5.41, 5.74) is 3.84. The highest BCUT2D eigenvalue weighted by atomic mass is 19.4. The van der Waals surface area contributed by atoms with Crippen molar-refractivity contribution in [2.45, 2.75) is 83.9 Å². The molecular weight excluding hydrogens is 519 g/mol. The summed E-state index contributed by atoms with van der Waals surface area (Å²) in [5.74, 6) is -1.08. The number of hydrogen-bond acceptors (Lipinski definition) is 4. The Bertz CT molecular complexity index is 1160. The lowest BCUT2D eigenvalue weighted by atomic mass is 9.92. The van der Waals surface area contributed by atoms with Crippen molar-refractivity contribution in [2.75, 3.05) is 28.7 Å². The molecule has 3 atom stereocenters. The fourth-order valence-electron chi connectivity index (χ4n) is 5.76. The highest BCUT2D eigenvalue weighted by Crippen LogP contribution is 2.50. The number of rotatable bonds is 10. The number of aryl methyl sites for hydroxylation is 1. The number of carbonyl (C=O) groups is 2. The lowest BCUT2D eigenvalue weighted by Gasteiger charge is -2.39. The highest BCUT2D eigenvalue weighted by Gasteiger charge is 2.45. The number of nitrogens with one attached hydrogen (secondary N) is 2. The van der Waals surface area contributed by atoms with Crippen LogP contribution in [0, 0.1) is 18.8 Å². The number of carbonyl (C=O) groups excluding carboxylic acids is 2. The van der Waals surface area contributed by atoms with Crippen LogP contribution < -0.4 is 15.5 Å². The molecule has 6 nitrogen and oxygen atoms in total. The van der Waals surface area contributed by atoms with Crippen LogP contribution in [0.5, 0.6) is 0 Å². The first-order valence-corrected chi connectivity index (χ1v) is 14.3. The second-order valence-corrected chi connectivity index (χ2v) is 11.3. The Hall–Kier alpha value is -3.23. The summed E-state index contributed by atoms with van der Waals surface area (Å²) < 4.78 is 45.0. The smallest absolute Gasteiger partial charge is 0.389 e. The fraction of sp³-hybridized carbons (Fsp3) is 0.548. The number of alkyl halides is 3. The molecule has 0 radical (unpaired) electrons. The van der Waals surface area contributed by atoms with Crippen LogP contribution in [0.2, 0.25) is 0 Å². The van der Waals surface area contributed by atoms with E-state index in [0.717, 1.165) is 43.2 Å². The van der Waals surface area contributed by atoms with Crippen molar-refractivity contribution in [2.24, 2.45) is 11.8 Å². The molecule has 2 saturated carbocycles. The van der Waals surface area contributed by atoms with E-state index in [4.69, 9.17) is 4.74 Å². The molecule has 0 aliphatic heterocycles. The maximum atomic E-state index is 13.3. The summed E-state index contributed by atoms with van der Waals surface area (Å²) in [6.45, 7) is 5.91. The fourth-order valence-corrected chi connectivity index (χ4v) is 5.76. The minimum absolute atomic E-state index is 0.0129. The Morgan fingerprint density at radius 1 is 1.05 bits per heavy atom. The van der Waals surface area contributed by atoms with Crippen LogP contribution >= 0.6 is 0 Å².